The zero-order valence-corrected chi connectivity index (χ0v) is 15.3. The Hall–Kier alpha value is -3.09. The Bertz CT molecular complexity index is 902. The van der Waals surface area contributed by atoms with Crippen molar-refractivity contribution < 1.29 is 23.5 Å². The molecule has 0 aliphatic carbocycles. The third-order valence-electron chi connectivity index (χ3n) is 4.99. The van der Waals surface area contributed by atoms with Gasteiger partial charge in [-0.3, -0.25) is 9.59 Å². The molecule has 2 aromatic rings. The van der Waals surface area contributed by atoms with Crippen molar-refractivity contribution in [3.05, 3.63) is 53.8 Å². The normalized spacial score (nSPS) is 18.5. The molecule has 28 heavy (non-hydrogen) atoms. The first-order valence-corrected chi connectivity index (χ1v) is 9.36. The van der Waals surface area contributed by atoms with Gasteiger partial charge in [0.25, 0.3) is 5.91 Å². The molecule has 1 fully saturated rings. The van der Waals surface area contributed by atoms with Gasteiger partial charge in [0.1, 0.15) is 19.0 Å². The molecule has 0 spiro atoms. The minimum absolute atomic E-state index is 0.0374. The number of amides is 2. The lowest BCUT2D eigenvalue weighted by Crippen LogP contribution is -2.44. The minimum atomic E-state index is -0.546. The van der Waals surface area contributed by atoms with Crippen LogP contribution in [0.5, 0.6) is 11.5 Å². The van der Waals surface area contributed by atoms with Crippen molar-refractivity contribution in [2.75, 3.05) is 31.6 Å². The minimum Gasteiger partial charge on any atom is -0.486 e. The quantitative estimate of drug-likeness (QED) is 0.883. The number of ether oxygens (including phenoxy) is 2. The number of rotatable bonds is 3. The van der Waals surface area contributed by atoms with Crippen LogP contribution in [0, 0.1) is 11.7 Å². The molecule has 7 heteroatoms. The number of piperidine rings is 1. The Morgan fingerprint density at radius 3 is 2.68 bits per heavy atom. The van der Waals surface area contributed by atoms with Crippen LogP contribution >= 0.6 is 0 Å². The lowest BCUT2D eigenvalue weighted by atomic mass is 9.96. The lowest BCUT2D eigenvalue weighted by Gasteiger charge is -2.32. The number of carbonyl (C=O) groups excluding carboxylic acids is 2. The molecule has 1 N–H and O–H groups in total. The van der Waals surface area contributed by atoms with E-state index < -0.39 is 5.82 Å². The van der Waals surface area contributed by atoms with Crippen molar-refractivity contribution in [1.82, 2.24) is 4.90 Å². The molecule has 1 unspecified atom stereocenters. The summed E-state index contributed by atoms with van der Waals surface area (Å²) in [5.74, 6) is -0.182. The van der Waals surface area contributed by atoms with Gasteiger partial charge in [-0.25, -0.2) is 4.39 Å². The zero-order valence-electron chi connectivity index (χ0n) is 15.3. The summed E-state index contributed by atoms with van der Waals surface area (Å²) in [4.78, 5) is 26.9. The van der Waals surface area contributed by atoms with Crippen molar-refractivity contribution in [2.45, 2.75) is 12.8 Å². The van der Waals surface area contributed by atoms with E-state index in [-0.39, 0.29) is 29.8 Å². The average Bonchev–Trinajstić information content (AvgIpc) is 2.73. The van der Waals surface area contributed by atoms with E-state index >= 15 is 0 Å². The monoisotopic (exact) mass is 384 g/mol. The van der Waals surface area contributed by atoms with E-state index in [4.69, 9.17) is 9.47 Å². The first-order chi connectivity index (χ1) is 13.6. The highest BCUT2D eigenvalue weighted by molar-refractivity contribution is 5.96. The predicted octanol–water partition coefficient (Wildman–Crippen LogP) is 3.09. The number of hydrogen-bond donors (Lipinski definition) is 1. The molecule has 1 saturated heterocycles. The number of likely N-dealkylation sites (tertiary alicyclic amines) is 1. The summed E-state index contributed by atoms with van der Waals surface area (Å²) in [5, 5.41) is 2.89. The SMILES string of the molecule is O=C(Nc1ccc2c(c1)OCCO2)C1CCCN(C(=O)c2ccccc2F)C1. The second-order valence-electron chi connectivity index (χ2n) is 6.92. The molecule has 4 rings (SSSR count). The molecule has 0 aromatic heterocycles. The maximum absolute atomic E-state index is 13.9. The Labute approximate surface area is 162 Å². The molecule has 2 heterocycles. The number of halogens is 1. The first-order valence-electron chi connectivity index (χ1n) is 9.36. The maximum Gasteiger partial charge on any atom is 0.256 e. The Kier molecular flexibility index (Phi) is 5.14. The van der Waals surface area contributed by atoms with Crippen molar-refractivity contribution >= 4 is 17.5 Å². The van der Waals surface area contributed by atoms with Crippen molar-refractivity contribution in [3.8, 4) is 11.5 Å². The molecular weight excluding hydrogens is 363 g/mol. The fraction of sp³-hybridized carbons (Fsp3) is 0.333. The summed E-state index contributed by atoms with van der Waals surface area (Å²) in [5.41, 5.74) is 0.655. The summed E-state index contributed by atoms with van der Waals surface area (Å²) in [7, 11) is 0. The van der Waals surface area contributed by atoms with Gasteiger partial charge in [-0.1, -0.05) is 12.1 Å². The third kappa shape index (κ3) is 3.78. The number of anilines is 1. The first kappa shape index (κ1) is 18.3. The van der Waals surface area contributed by atoms with E-state index in [9.17, 15) is 14.0 Å². The van der Waals surface area contributed by atoms with Gasteiger partial charge in [-0.15, -0.1) is 0 Å². The Morgan fingerprint density at radius 1 is 1.07 bits per heavy atom. The highest BCUT2D eigenvalue weighted by Gasteiger charge is 2.30. The van der Waals surface area contributed by atoms with Gasteiger partial charge < -0.3 is 19.7 Å². The molecule has 1 atom stereocenters. The van der Waals surface area contributed by atoms with Crippen LogP contribution in [0.4, 0.5) is 10.1 Å². The maximum atomic E-state index is 13.9. The number of nitrogens with one attached hydrogen (secondary N) is 1. The molecule has 0 bridgehead atoms. The molecule has 0 saturated carbocycles. The van der Waals surface area contributed by atoms with Crippen LogP contribution in [-0.4, -0.2) is 43.0 Å². The fourth-order valence-corrected chi connectivity index (χ4v) is 3.55. The standard InChI is InChI=1S/C21H21FN2O4/c22-17-6-2-1-5-16(17)21(26)24-9-3-4-14(13-24)20(25)23-15-7-8-18-19(12-15)28-11-10-27-18/h1-2,5-8,12,14H,3-4,9-11,13H2,(H,23,25). The molecule has 146 valence electrons. The van der Waals surface area contributed by atoms with E-state index in [1.165, 1.54) is 12.1 Å². The highest BCUT2D eigenvalue weighted by Crippen LogP contribution is 2.33. The highest BCUT2D eigenvalue weighted by atomic mass is 19.1. The van der Waals surface area contributed by atoms with Gasteiger partial charge in [0.2, 0.25) is 5.91 Å². The molecule has 0 radical (unpaired) electrons. The van der Waals surface area contributed by atoms with Crippen molar-refractivity contribution in [2.24, 2.45) is 5.92 Å². The van der Waals surface area contributed by atoms with E-state index in [0.717, 1.165) is 0 Å². The second-order valence-corrected chi connectivity index (χ2v) is 6.92. The average molecular weight is 384 g/mol. The second kappa shape index (κ2) is 7.88. The zero-order chi connectivity index (χ0) is 19.5. The Balaban J connectivity index is 1.42. The van der Waals surface area contributed by atoms with Crippen LogP contribution in [0.2, 0.25) is 0 Å². The fourth-order valence-electron chi connectivity index (χ4n) is 3.55. The van der Waals surface area contributed by atoms with Crippen LogP contribution in [0.15, 0.2) is 42.5 Å². The van der Waals surface area contributed by atoms with Crippen LogP contribution in [0.1, 0.15) is 23.2 Å². The number of benzene rings is 2. The smallest absolute Gasteiger partial charge is 0.256 e. The summed E-state index contributed by atoms with van der Waals surface area (Å²) in [6, 6.07) is 11.2. The molecule has 2 aliphatic rings. The van der Waals surface area contributed by atoms with Crippen LogP contribution in [0.25, 0.3) is 0 Å². The number of carbonyl (C=O) groups is 2. The predicted molar refractivity (Wildman–Crippen MR) is 101 cm³/mol. The molecule has 2 amide bonds. The Morgan fingerprint density at radius 2 is 1.86 bits per heavy atom. The van der Waals surface area contributed by atoms with E-state index in [1.54, 1.807) is 35.2 Å². The largest absolute Gasteiger partial charge is 0.486 e. The molecule has 2 aromatic carbocycles. The van der Waals surface area contributed by atoms with Crippen LogP contribution in [-0.2, 0) is 4.79 Å². The summed E-state index contributed by atoms with van der Waals surface area (Å²) >= 11 is 0. The van der Waals surface area contributed by atoms with Crippen LogP contribution < -0.4 is 14.8 Å². The number of fused-ring (bicyclic) bond motifs is 1. The van der Waals surface area contributed by atoms with Gasteiger partial charge >= 0.3 is 0 Å². The molecular formula is C21H21FN2O4. The third-order valence-corrected chi connectivity index (χ3v) is 4.99. The van der Waals surface area contributed by atoms with Crippen molar-refractivity contribution in [3.63, 3.8) is 0 Å². The van der Waals surface area contributed by atoms with Gasteiger partial charge in [0.15, 0.2) is 11.5 Å². The van der Waals surface area contributed by atoms with Gasteiger partial charge in [-0.2, -0.15) is 0 Å². The number of hydrogen-bond acceptors (Lipinski definition) is 4. The van der Waals surface area contributed by atoms with Gasteiger partial charge in [-0.05, 0) is 37.1 Å². The van der Waals surface area contributed by atoms with E-state index in [0.29, 0.717) is 49.8 Å². The molecule has 6 nitrogen and oxygen atoms in total. The molecule has 2 aliphatic heterocycles. The van der Waals surface area contributed by atoms with E-state index in [1.807, 2.05) is 0 Å². The summed E-state index contributed by atoms with van der Waals surface area (Å²) < 4.78 is 24.9. The van der Waals surface area contributed by atoms with Crippen LogP contribution in [0.3, 0.4) is 0 Å². The topological polar surface area (TPSA) is 67.9 Å². The lowest BCUT2D eigenvalue weighted by molar-refractivity contribution is -0.121. The van der Waals surface area contributed by atoms with Crippen molar-refractivity contribution in [1.29, 1.82) is 0 Å². The summed E-state index contributed by atoms with van der Waals surface area (Å²) in [6.07, 6.45) is 1.37. The summed E-state index contributed by atoms with van der Waals surface area (Å²) in [6.45, 7) is 1.76. The number of nitrogens with zero attached hydrogens (tertiary/aromatic N) is 1. The van der Waals surface area contributed by atoms with Gasteiger partial charge in [0.05, 0.1) is 11.5 Å². The van der Waals surface area contributed by atoms with E-state index in [2.05, 4.69) is 5.32 Å². The van der Waals surface area contributed by atoms with Gasteiger partial charge in [0, 0.05) is 24.8 Å².